The fraction of sp³-hybridized carbons (Fsp3) is 0.571. The van der Waals surface area contributed by atoms with Crippen LogP contribution in [0.5, 0.6) is 0 Å². The molecule has 0 spiro atoms. The highest BCUT2D eigenvalue weighted by molar-refractivity contribution is 6.74. The van der Waals surface area contributed by atoms with Crippen molar-refractivity contribution in [2.75, 3.05) is 6.61 Å². The van der Waals surface area contributed by atoms with Gasteiger partial charge in [0.1, 0.15) is 0 Å². The summed E-state index contributed by atoms with van der Waals surface area (Å²) in [5.74, 6) is 0.272. The van der Waals surface area contributed by atoms with Crippen molar-refractivity contribution in [3.8, 4) is 0 Å². The van der Waals surface area contributed by atoms with Gasteiger partial charge in [0.2, 0.25) is 0 Å². The smallest absolute Gasteiger partial charge is 0.191 e. The van der Waals surface area contributed by atoms with Crippen LogP contribution in [0.4, 0.5) is 0 Å². The first kappa shape index (κ1) is 20.9. The monoisotopic (exact) mass is 346 g/mol. The van der Waals surface area contributed by atoms with Gasteiger partial charge in [-0.2, -0.15) is 0 Å². The molecule has 0 bridgehead atoms. The third-order valence-corrected chi connectivity index (χ3v) is 9.54. The molecule has 0 saturated carbocycles. The van der Waals surface area contributed by atoms with E-state index in [0.717, 1.165) is 24.8 Å². The molecule has 1 aromatic rings. The normalized spacial score (nSPS) is 13.2. The summed E-state index contributed by atoms with van der Waals surface area (Å²) >= 11 is 0. The lowest BCUT2D eigenvalue weighted by molar-refractivity contribution is -0.115. The average Bonchev–Trinajstić information content (AvgIpc) is 2.52. The number of Topliss-reactive ketones (excluding diaryl/α,β-unsaturated/α-hetero) is 1. The summed E-state index contributed by atoms with van der Waals surface area (Å²) in [5, 5.41) is 0.232. The number of benzene rings is 1. The molecule has 0 N–H and O–H groups in total. The molecule has 24 heavy (non-hydrogen) atoms. The van der Waals surface area contributed by atoms with Crippen molar-refractivity contribution >= 4 is 14.1 Å². The minimum absolute atomic E-state index is 0.232. The zero-order chi connectivity index (χ0) is 18.2. The fourth-order valence-electron chi connectivity index (χ4n) is 2.28. The van der Waals surface area contributed by atoms with Gasteiger partial charge in [-0.15, -0.1) is 0 Å². The maximum absolute atomic E-state index is 12.4. The van der Waals surface area contributed by atoms with Gasteiger partial charge in [-0.1, -0.05) is 64.1 Å². The van der Waals surface area contributed by atoms with Crippen molar-refractivity contribution in [1.29, 1.82) is 0 Å². The highest BCUT2D eigenvalue weighted by Crippen LogP contribution is 2.36. The molecular formula is C21H34O2Si. The molecule has 0 aromatic heterocycles. The first-order chi connectivity index (χ1) is 11.2. The predicted octanol–water partition coefficient (Wildman–Crippen LogP) is 5.94. The van der Waals surface area contributed by atoms with Gasteiger partial charge in [0.15, 0.2) is 14.1 Å². The van der Waals surface area contributed by atoms with Crippen LogP contribution >= 0.6 is 0 Å². The molecule has 0 fully saturated rings. The van der Waals surface area contributed by atoms with Gasteiger partial charge in [0, 0.05) is 13.0 Å². The Morgan fingerprint density at radius 1 is 1.17 bits per heavy atom. The number of hydrogen-bond acceptors (Lipinski definition) is 2. The molecule has 0 amide bonds. The lowest BCUT2D eigenvalue weighted by Gasteiger charge is -2.36. The Labute approximate surface area is 149 Å². The number of ketones is 1. The number of rotatable bonds is 9. The van der Waals surface area contributed by atoms with Crippen molar-refractivity contribution in [2.24, 2.45) is 0 Å². The lowest BCUT2D eigenvalue weighted by Crippen LogP contribution is -2.40. The van der Waals surface area contributed by atoms with Crippen LogP contribution in [0.25, 0.3) is 0 Å². The van der Waals surface area contributed by atoms with Crippen LogP contribution in [0.2, 0.25) is 18.1 Å². The summed E-state index contributed by atoms with van der Waals surface area (Å²) < 4.78 is 6.18. The minimum Gasteiger partial charge on any atom is -0.417 e. The average molecular weight is 347 g/mol. The van der Waals surface area contributed by atoms with Gasteiger partial charge in [-0.05, 0) is 48.5 Å². The highest BCUT2D eigenvalue weighted by atomic mass is 28.4. The topological polar surface area (TPSA) is 26.3 Å². The van der Waals surface area contributed by atoms with Crippen LogP contribution in [-0.2, 0) is 15.6 Å². The molecule has 0 unspecified atom stereocenters. The van der Waals surface area contributed by atoms with Crippen LogP contribution in [0.1, 0.15) is 52.5 Å². The molecule has 0 heterocycles. The lowest BCUT2D eigenvalue weighted by atomic mass is 10.0. The van der Waals surface area contributed by atoms with E-state index in [-0.39, 0.29) is 10.8 Å². The van der Waals surface area contributed by atoms with Gasteiger partial charge >= 0.3 is 0 Å². The molecule has 0 atom stereocenters. The van der Waals surface area contributed by atoms with Crippen molar-refractivity contribution < 1.29 is 9.22 Å². The van der Waals surface area contributed by atoms with Crippen molar-refractivity contribution in [3.63, 3.8) is 0 Å². The van der Waals surface area contributed by atoms with Crippen molar-refractivity contribution in [1.82, 2.24) is 0 Å². The molecule has 0 aliphatic carbocycles. The fourth-order valence-corrected chi connectivity index (χ4v) is 3.34. The molecule has 1 aromatic carbocycles. The molecule has 0 radical (unpaired) electrons. The number of aryl methyl sites for hydroxylation is 1. The first-order valence-electron chi connectivity index (χ1n) is 9.07. The Morgan fingerprint density at radius 2 is 1.79 bits per heavy atom. The molecule has 0 saturated heterocycles. The third kappa shape index (κ3) is 6.74. The van der Waals surface area contributed by atoms with E-state index in [1.807, 2.05) is 18.2 Å². The van der Waals surface area contributed by atoms with E-state index >= 15 is 0 Å². The van der Waals surface area contributed by atoms with Gasteiger partial charge in [-0.3, -0.25) is 4.79 Å². The Kier molecular flexibility index (Phi) is 8.11. The Balaban J connectivity index is 2.47. The molecule has 2 nitrogen and oxygen atoms in total. The zero-order valence-corrected chi connectivity index (χ0v) is 17.3. The van der Waals surface area contributed by atoms with E-state index in [4.69, 9.17) is 4.43 Å². The first-order valence-corrected chi connectivity index (χ1v) is 12.0. The molecule has 0 aliphatic heterocycles. The Hall–Kier alpha value is -1.19. The second-order valence-electron chi connectivity index (χ2n) is 7.89. The quantitative estimate of drug-likeness (QED) is 0.314. The van der Waals surface area contributed by atoms with Gasteiger partial charge in [0.05, 0.1) is 0 Å². The largest absolute Gasteiger partial charge is 0.417 e. The van der Waals surface area contributed by atoms with Crippen molar-refractivity contribution in [3.05, 3.63) is 47.5 Å². The summed E-state index contributed by atoms with van der Waals surface area (Å²) in [6, 6.07) is 10.2. The van der Waals surface area contributed by atoms with Crippen LogP contribution in [0.3, 0.4) is 0 Å². The third-order valence-electron chi connectivity index (χ3n) is 5.00. The maximum atomic E-state index is 12.4. The number of allylic oxidation sites excluding steroid dienone is 1. The standard InChI is InChI=1S/C21H34O2Si/c1-7-19(14-11-17-23-24(5,6)21(2,3)4)20(22)16-15-18-12-9-8-10-13-18/h8-10,12-14H,7,11,15-17H2,1-6H3/b19-14+. The van der Waals surface area contributed by atoms with Crippen LogP contribution in [0, 0.1) is 0 Å². The number of carbonyl (C=O) groups is 1. The second-order valence-corrected chi connectivity index (χ2v) is 12.7. The second kappa shape index (κ2) is 9.33. The van der Waals surface area contributed by atoms with E-state index in [1.165, 1.54) is 5.56 Å². The van der Waals surface area contributed by atoms with Crippen LogP contribution in [0.15, 0.2) is 42.0 Å². The molecule has 0 aliphatic rings. The Morgan fingerprint density at radius 3 is 2.33 bits per heavy atom. The summed E-state index contributed by atoms with van der Waals surface area (Å²) in [6.07, 6.45) is 5.12. The van der Waals surface area contributed by atoms with Gasteiger partial charge in [-0.25, -0.2) is 0 Å². The predicted molar refractivity (Wildman–Crippen MR) is 106 cm³/mol. The maximum Gasteiger partial charge on any atom is 0.191 e. The van der Waals surface area contributed by atoms with E-state index < -0.39 is 8.32 Å². The van der Waals surface area contributed by atoms with E-state index in [0.29, 0.717) is 13.0 Å². The SMILES string of the molecule is CC/C(=C\CCO[Si](C)(C)C(C)(C)C)C(=O)CCc1ccccc1. The summed E-state index contributed by atoms with van der Waals surface area (Å²) in [7, 11) is -1.69. The van der Waals surface area contributed by atoms with Crippen molar-refractivity contribution in [2.45, 2.75) is 71.5 Å². The van der Waals surface area contributed by atoms with Gasteiger partial charge < -0.3 is 4.43 Å². The van der Waals surface area contributed by atoms with Crippen LogP contribution < -0.4 is 0 Å². The molecule has 134 valence electrons. The van der Waals surface area contributed by atoms with E-state index in [2.05, 4.69) is 59.0 Å². The molecule has 1 rings (SSSR count). The number of hydrogen-bond donors (Lipinski definition) is 0. The minimum atomic E-state index is -1.69. The summed E-state index contributed by atoms with van der Waals surface area (Å²) in [4.78, 5) is 12.4. The molecular weight excluding hydrogens is 312 g/mol. The van der Waals surface area contributed by atoms with E-state index in [1.54, 1.807) is 0 Å². The van der Waals surface area contributed by atoms with Crippen LogP contribution in [-0.4, -0.2) is 20.7 Å². The van der Waals surface area contributed by atoms with E-state index in [9.17, 15) is 4.79 Å². The highest BCUT2D eigenvalue weighted by Gasteiger charge is 2.36. The zero-order valence-electron chi connectivity index (χ0n) is 16.3. The number of carbonyl (C=O) groups excluding carboxylic acids is 1. The summed E-state index contributed by atoms with van der Waals surface area (Å²) in [5.41, 5.74) is 2.17. The molecule has 3 heteroatoms. The van der Waals surface area contributed by atoms with Gasteiger partial charge in [0.25, 0.3) is 0 Å². The summed E-state index contributed by atoms with van der Waals surface area (Å²) in [6.45, 7) is 14.1. The Bertz CT molecular complexity index is 539.